The molecule has 0 saturated heterocycles. The Kier molecular flexibility index (Phi) is 24.3. The van der Waals surface area contributed by atoms with E-state index in [1.165, 1.54) is 32.5 Å². The zero-order valence-corrected chi connectivity index (χ0v) is 52.5. The molecule has 2 aliphatic rings. The minimum absolute atomic E-state index is 0.160. The lowest BCUT2D eigenvalue weighted by Gasteiger charge is -2.34. The summed E-state index contributed by atoms with van der Waals surface area (Å²) >= 11 is 10.7. The molecule has 428 valence electrons. The average molecular weight is 1240 g/mol. The molecule has 12 nitrogen and oxygen atoms in total. The maximum Gasteiger partial charge on any atom is 0.508 e. The summed E-state index contributed by atoms with van der Waals surface area (Å²) in [5, 5.41) is 0.708. The summed E-state index contributed by atoms with van der Waals surface area (Å²) in [6.45, 7) is 16.8. The van der Waals surface area contributed by atoms with Gasteiger partial charge in [0.15, 0.2) is 0 Å². The maximum absolute atomic E-state index is 15.3. The molecular formula is C62H84Br2N2O10S2. The molecule has 16 heteroatoms. The first-order valence-electron chi connectivity index (χ1n) is 29.1. The number of benzene rings is 2. The van der Waals surface area contributed by atoms with E-state index in [1.807, 2.05) is 27.7 Å². The molecule has 0 atom stereocenters. The highest BCUT2D eigenvalue weighted by Gasteiger charge is 2.43. The summed E-state index contributed by atoms with van der Waals surface area (Å²) < 4.78 is 23.8. The van der Waals surface area contributed by atoms with Crippen LogP contribution in [0.15, 0.2) is 31.8 Å². The molecule has 2 aromatic carbocycles. The minimum Gasteiger partial charge on any atom is -0.434 e. The number of hydrogen-bond donors (Lipinski definition) is 0. The van der Waals surface area contributed by atoms with Gasteiger partial charge in [0.25, 0.3) is 23.6 Å². The Morgan fingerprint density at radius 3 is 1.19 bits per heavy atom. The van der Waals surface area contributed by atoms with E-state index in [2.05, 4.69) is 71.7 Å². The first-order chi connectivity index (χ1) is 37.4. The summed E-state index contributed by atoms with van der Waals surface area (Å²) in [7, 11) is 0. The Hall–Kier alpha value is -4.12. The molecule has 0 aliphatic carbocycles. The lowest BCUT2D eigenvalue weighted by Crippen LogP contribution is -2.44. The summed E-state index contributed by atoms with van der Waals surface area (Å²) in [5.41, 5.74) is 3.40. The smallest absolute Gasteiger partial charge is 0.434 e. The molecule has 2 aliphatic heterocycles. The molecule has 2 aromatic heterocycles. The van der Waals surface area contributed by atoms with Crippen molar-refractivity contribution in [3.63, 3.8) is 0 Å². The van der Waals surface area contributed by atoms with E-state index >= 15 is 19.2 Å². The number of carbonyl (C=O) groups is 6. The predicted octanol–water partition coefficient (Wildman–Crippen LogP) is 18.6. The van der Waals surface area contributed by atoms with Crippen molar-refractivity contribution in [2.24, 2.45) is 0 Å². The van der Waals surface area contributed by atoms with E-state index in [0.29, 0.717) is 95.5 Å². The van der Waals surface area contributed by atoms with Gasteiger partial charge in [-0.2, -0.15) is 0 Å². The number of halogens is 2. The Morgan fingerprint density at radius 2 is 0.821 bits per heavy atom. The van der Waals surface area contributed by atoms with Crippen LogP contribution in [0.2, 0.25) is 0 Å². The van der Waals surface area contributed by atoms with Gasteiger partial charge in [-0.1, -0.05) is 91.9 Å². The van der Waals surface area contributed by atoms with Crippen molar-refractivity contribution in [2.45, 2.75) is 221 Å². The maximum atomic E-state index is 15.3. The number of imide groups is 2. The Balaban J connectivity index is 1.32. The van der Waals surface area contributed by atoms with E-state index in [4.69, 9.17) is 18.9 Å². The number of carbonyl (C=O) groups excluding carboxylic acids is 6. The third kappa shape index (κ3) is 16.5. The second-order valence-corrected chi connectivity index (χ2v) is 27.1. The van der Waals surface area contributed by atoms with Crippen LogP contribution in [0.1, 0.15) is 249 Å². The highest BCUT2D eigenvalue weighted by molar-refractivity contribution is 9.11. The number of unbranched alkanes of at least 4 members (excludes halogenated alkanes) is 14. The molecule has 0 N–H and O–H groups in total. The minimum atomic E-state index is -0.679. The van der Waals surface area contributed by atoms with Crippen molar-refractivity contribution in [2.75, 3.05) is 26.3 Å². The topological polar surface area (TPSA) is 146 Å². The van der Waals surface area contributed by atoms with Crippen LogP contribution in [0.3, 0.4) is 0 Å². The summed E-state index contributed by atoms with van der Waals surface area (Å²) in [6, 6.07) is 7.83. The number of rotatable bonds is 34. The first-order valence-corrected chi connectivity index (χ1v) is 32.3. The molecule has 6 rings (SSSR count). The van der Waals surface area contributed by atoms with Crippen molar-refractivity contribution in [1.82, 2.24) is 9.80 Å². The molecule has 78 heavy (non-hydrogen) atoms. The van der Waals surface area contributed by atoms with Crippen molar-refractivity contribution in [3.05, 3.63) is 65.2 Å². The first kappa shape index (κ1) is 63.1. The number of thiophene rings is 2. The average Bonchev–Trinajstić information content (AvgIpc) is 3.98. The fourth-order valence-corrected chi connectivity index (χ4v) is 14.0. The van der Waals surface area contributed by atoms with E-state index in [-0.39, 0.29) is 26.3 Å². The molecule has 4 amide bonds. The van der Waals surface area contributed by atoms with Gasteiger partial charge < -0.3 is 18.9 Å². The number of amides is 4. The SMILES string of the molecule is CCCCCCc1cc(-c2cc3c4c(c(-c5cc(CCCCCC)c(Br)s5)cc5c4c2C(=O)N(CCCCCCOC(=O)OC(C)(C)CCCC)C5=O)C(=O)N(CCCCCCOC(=O)OC(C)(C)CCCC)C3=O)sc1Br. The third-order valence-electron chi connectivity index (χ3n) is 14.9. The van der Waals surface area contributed by atoms with Crippen LogP contribution in [0.4, 0.5) is 9.59 Å². The van der Waals surface area contributed by atoms with E-state index in [1.54, 1.807) is 12.1 Å². The normalized spacial score (nSPS) is 13.6. The van der Waals surface area contributed by atoms with Gasteiger partial charge in [0, 0.05) is 55.9 Å². The molecule has 0 saturated carbocycles. The second-order valence-electron chi connectivity index (χ2n) is 22.4. The van der Waals surface area contributed by atoms with Crippen molar-refractivity contribution in [1.29, 1.82) is 0 Å². The van der Waals surface area contributed by atoms with Crippen LogP contribution < -0.4 is 0 Å². The Labute approximate surface area is 488 Å². The van der Waals surface area contributed by atoms with Crippen molar-refractivity contribution < 1.29 is 47.7 Å². The van der Waals surface area contributed by atoms with Crippen LogP contribution >= 0.6 is 54.5 Å². The predicted molar refractivity (Wildman–Crippen MR) is 321 cm³/mol. The van der Waals surface area contributed by atoms with Gasteiger partial charge in [-0.3, -0.25) is 29.0 Å². The van der Waals surface area contributed by atoms with E-state index < -0.39 is 47.1 Å². The molecule has 4 aromatic rings. The Bertz CT molecular complexity index is 2560. The Morgan fingerprint density at radius 1 is 0.462 bits per heavy atom. The summed E-state index contributed by atoms with van der Waals surface area (Å²) in [4.78, 5) is 90.0. The number of nitrogens with zero attached hydrogens (tertiary/aromatic N) is 2. The molecule has 0 spiro atoms. The summed E-state index contributed by atoms with van der Waals surface area (Å²) in [5.74, 6) is -1.82. The van der Waals surface area contributed by atoms with Crippen LogP contribution in [-0.4, -0.2) is 83.2 Å². The standard InChI is InChI=1S/C62H84Br2N2O10S2/c1-9-13-17-23-29-41-37-47(77-53(41)63)43-39-45-50-49-46(56(68)65(57(69)51(43)49)33-25-19-21-27-35-73-59(71)75-61(5,6)31-15-11-3)40-44(48-38-42(54(64)78-48)30-24-18-14-10-2)52(50)58(70)66(55(45)67)34-26-20-22-28-36-74-60(72)76-62(7,8)32-16-12-4/h37-40H,9-36H2,1-8H3. The van der Waals surface area contributed by atoms with Gasteiger partial charge in [-0.25, -0.2) is 9.59 Å². The number of ether oxygens (including phenoxy) is 4. The lowest BCUT2D eigenvalue weighted by atomic mass is 9.80. The van der Waals surface area contributed by atoms with Crippen molar-refractivity contribution >= 4 is 101 Å². The second kappa shape index (κ2) is 30.1. The van der Waals surface area contributed by atoms with Gasteiger partial charge in [0.2, 0.25) is 0 Å². The highest BCUT2D eigenvalue weighted by atomic mass is 79.9. The molecule has 0 radical (unpaired) electrons. The van der Waals surface area contributed by atoms with Crippen molar-refractivity contribution in [3.8, 4) is 20.9 Å². The van der Waals surface area contributed by atoms with Crippen LogP contribution in [0.25, 0.3) is 31.7 Å². The van der Waals surface area contributed by atoms with Gasteiger partial charge in [-0.15, -0.1) is 22.7 Å². The molecule has 0 unspecified atom stereocenters. The molecule has 0 fully saturated rings. The van der Waals surface area contributed by atoms with Gasteiger partial charge in [0.1, 0.15) is 11.2 Å². The van der Waals surface area contributed by atoms with E-state index in [0.717, 1.165) is 131 Å². The molecule has 4 heterocycles. The fraction of sp³-hybridized carbons (Fsp3) is 0.613. The van der Waals surface area contributed by atoms with Crippen LogP contribution in [-0.2, 0) is 31.8 Å². The largest absolute Gasteiger partial charge is 0.508 e. The van der Waals surface area contributed by atoms with Gasteiger partial charge in [-0.05, 0) is 185 Å². The summed E-state index contributed by atoms with van der Waals surface area (Å²) in [6.07, 6.45) is 19.5. The van der Waals surface area contributed by atoms with Gasteiger partial charge >= 0.3 is 12.3 Å². The zero-order valence-electron chi connectivity index (χ0n) is 47.7. The zero-order chi connectivity index (χ0) is 56.6. The van der Waals surface area contributed by atoms with Crippen LogP contribution in [0.5, 0.6) is 0 Å². The van der Waals surface area contributed by atoms with E-state index in [9.17, 15) is 9.59 Å². The monoisotopic (exact) mass is 1240 g/mol. The molecule has 0 bridgehead atoms. The fourth-order valence-electron chi connectivity index (χ4n) is 10.4. The highest BCUT2D eigenvalue weighted by Crippen LogP contribution is 2.50. The van der Waals surface area contributed by atoms with Crippen LogP contribution in [0, 0.1) is 0 Å². The molecular weight excluding hydrogens is 1160 g/mol. The lowest BCUT2D eigenvalue weighted by molar-refractivity contribution is -0.0228. The van der Waals surface area contributed by atoms with Gasteiger partial charge in [0.05, 0.1) is 31.9 Å². The number of hydrogen-bond acceptors (Lipinski definition) is 12. The quantitative estimate of drug-likeness (QED) is 0.0252. The number of aryl methyl sites for hydroxylation is 2. The third-order valence-corrected chi connectivity index (χ3v) is 18.9.